The standard InChI is InChI=1S/C18H13NO4/c1-12-2-9-17-16(10-12)18(20)14(11-23-17)6-3-13-4-7-15(8-5-13)19(21)22/h2-11H,1H3/b6-3+. The molecule has 0 saturated heterocycles. The van der Waals surface area contributed by atoms with Crippen molar-refractivity contribution in [2.45, 2.75) is 6.92 Å². The molecule has 3 aromatic rings. The highest BCUT2D eigenvalue weighted by molar-refractivity contribution is 5.81. The smallest absolute Gasteiger partial charge is 0.269 e. The van der Waals surface area contributed by atoms with Crippen LogP contribution in [-0.2, 0) is 0 Å². The van der Waals surface area contributed by atoms with Crippen molar-refractivity contribution in [3.05, 3.63) is 85.8 Å². The van der Waals surface area contributed by atoms with E-state index in [4.69, 9.17) is 4.42 Å². The highest BCUT2D eigenvalue weighted by atomic mass is 16.6. The van der Waals surface area contributed by atoms with Crippen LogP contribution in [0.15, 0.2) is 57.9 Å². The third kappa shape index (κ3) is 3.03. The Morgan fingerprint density at radius 3 is 2.52 bits per heavy atom. The summed E-state index contributed by atoms with van der Waals surface area (Å²) in [7, 11) is 0. The van der Waals surface area contributed by atoms with Gasteiger partial charge in [-0.15, -0.1) is 0 Å². The van der Waals surface area contributed by atoms with Gasteiger partial charge >= 0.3 is 0 Å². The highest BCUT2D eigenvalue weighted by Crippen LogP contribution is 2.16. The van der Waals surface area contributed by atoms with Crippen LogP contribution in [0.25, 0.3) is 23.1 Å². The first-order chi connectivity index (χ1) is 11.0. The van der Waals surface area contributed by atoms with Crippen molar-refractivity contribution >= 4 is 28.8 Å². The number of benzene rings is 2. The van der Waals surface area contributed by atoms with E-state index in [1.165, 1.54) is 18.4 Å². The predicted molar refractivity (Wildman–Crippen MR) is 89.2 cm³/mol. The molecular weight excluding hydrogens is 294 g/mol. The monoisotopic (exact) mass is 307 g/mol. The molecule has 0 fully saturated rings. The van der Waals surface area contributed by atoms with E-state index in [0.717, 1.165) is 11.1 Å². The molecule has 0 unspecified atom stereocenters. The van der Waals surface area contributed by atoms with Crippen molar-refractivity contribution in [3.63, 3.8) is 0 Å². The molecule has 0 aliphatic heterocycles. The van der Waals surface area contributed by atoms with Gasteiger partial charge in [0.15, 0.2) is 5.43 Å². The minimum Gasteiger partial charge on any atom is -0.463 e. The van der Waals surface area contributed by atoms with Crippen molar-refractivity contribution in [2.24, 2.45) is 0 Å². The second-order valence-electron chi connectivity index (χ2n) is 5.20. The van der Waals surface area contributed by atoms with Gasteiger partial charge in [0.25, 0.3) is 5.69 Å². The average molecular weight is 307 g/mol. The molecule has 0 N–H and O–H groups in total. The van der Waals surface area contributed by atoms with Crippen LogP contribution in [0.3, 0.4) is 0 Å². The van der Waals surface area contributed by atoms with Gasteiger partial charge < -0.3 is 4.42 Å². The van der Waals surface area contributed by atoms with Crippen molar-refractivity contribution in [2.75, 3.05) is 0 Å². The summed E-state index contributed by atoms with van der Waals surface area (Å²) in [6.45, 7) is 1.91. The van der Waals surface area contributed by atoms with Gasteiger partial charge in [0, 0.05) is 12.1 Å². The lowest BCUT2D eigenvalue weighted by Gasteiger charge is -2.00. The molecule has 0 bridgehead atoms. The summed E-state index contributed by atoms with van der Waals surface area (Å²) in [4.78, 5) is 22.6. The molecule has 1 aromatic heterocycles. The Morgan fingerprint density at radius 1 is 1.09 bits per heavy atom. The molecule has 0 aliphatic rings. The van der Waals surface area contributed by atoms with E-state index >= 15 is 0 Å². The number of aryl methyl sites for hydroxylation is 1. The molecule has 0 aliphatic carbocycles. The zero-order valence-electron chi connectivity index (χ0n) is 12.4. The van der Waals surface area contributed by atoms with E-state index in [-0.39, 0.29) is 11.1 Å². The van der Waals surface area contributed by atoms with E-state index < -0.39 is 4.92 Å². The molecule has 2 aromatic carbocycles. The molecule has 3 rings (SSSR count). The highest BCUT2D eigenvalue weighted by Gasteiger charge is 2.05. The third-order valence-electron chi connectivity index (χ3n) is 3.51. The summed E-state index contributed by atoms with van der Waals surface area (Å²) in [6, 6.07) is 11.6. The Balaban J connectivity index is 1.96. The van der Waals surface area contributed by atoms with Crippen LogP contribution in [0.5, 0.6) is 0 Å². The molecule has 0 spiro atoms. The van der Waals surface area contributed by atoms with Gasteiger partial charge in [-0.2, -0.15) is 0 Å². The number of nitrogens with zero attached hydrogens (tertiary/aromatic N) is 1. The molecule has 1 heterocycles. The van der Waals surface area contributed by atoms with Crippen LogP contribution in [0, 0.1) is 17.0 Å². The van der Waals surface area contributed by atoms with Crippen molar-refractivity contribution in [1.82, 2.24) is 0 Å². The first-order valence-electron chi connectivity index (χ1n) is 6.99. The molecule has 23 heavy (non-hydrogen) atoms. The summed E-state index contributed by atoms with van der Waals surface area (Å²) in [6.07, 6.45) is 4.79. The van der Waals surface area contributed by atoms with Crippen molar-refractivity contribution < 1.29 is 9.34 Å². The van der Waals surface area contributed by atoms with Crippen LogP contribution in [0.2, 0.25) is 0 Å². The van der Waals surface area contributed by atoms with Crippen molar-refractivity contribution in [3.8, 4) is 0 Å². The molecule has 0 atom stereocenters. The minimum atomic E-state index is -0.451. The Bertz CT molecular complexity index is 968. The van der Waals surface area contributed by atoms with Crippen molar-refractivity contribution in [1.29, 1.82) is 0 Å². The summed E-state index contributed by atoms with van der Waals surface area (Å²) >= 11 is 0. The van der Waals surface area contributed by atoms with Gasteiger partial charge in [0.2, 0.25) is 0 Å². The van der Waals surface area contributed by atoms with Crippen LogP contribution in [0.4, 0.5) is 5.69 Å². The van der Waals surface area contributed by atoms with Gasteiger partial charge in [-0.05, 0) is 42.8 Å². The first kappa shape index (κ1) is 14.7. The topological polar surface area (TPSA) is 73.3 Å². The second-order valence-corrected chi connectivity index (χ2v) is 5.20. The molecule has 0 radical (unpaired) electrons. The van der Waals surface area contributed by atoms with Crippen LogP contribution in [-0.4, -0.2) is 4.92 Å². The number of nitro groups is 1. The average Bonchev–Trinajstić information content (AvgIpc) is 2.55. The van der Waals surface area contributed by atoms with Gasteiger partial charge in [-0.1, -0.05) is 17.7 Å². The maximum absolute atomic E-state index is 12.4. The maximum Gasteiger partial charge on any atom is 0.269 e. The van der Waals surface area contributed by atoms with Gasteiger partial charge in [-0.25, -0.2) is 0 Å². The Labute approximate surface area is 131 Å². The summed E-state index contributed by atoms with van der Waals surface area (Å²) in [5.74, 6) is 0. The Hall–Kier alpha value is -3.21. The molecule has 0 amide bonds. The SMILES string of the molecule is Cc1ccc2occ(/C=C/c3ccc([N+](=O)[O-])cc3)c(=O)c2c1. The summed E-state index contributed by atoms with van der Waals surface area (Å²) in [5, 5.41) is 11.2. The summed E-state index contributed by atoms with van der Waals surface area (Å²) < 4.78 is 5.48. The third-order valence-corrected chi connectivity index (χ3v) is 3.51. The van der Waals surface area contributed by atoms with E-state index in [9.17, 15) is 14.9 Å². The molecule has 5 nitrogen and oxygen atoms in total. The maximum atomic E-state index is 12.4. The molecule has 0 saturated carbocycles. The fourth-order valence-electron chi connectivity index (χ4n) is 2.27. The second kappa shape index (κ2) is 5.88. The predicted octanol–water partition coefficient (Wildman–Crippen LogP) is 4.18. The Kier molecular flexibility index (Phi) is 3.76. The van der Waals surface area contributed by atoms with E-state index in [0.29, 0.717) is 16.5 Å². The lowest BCUT2D eigenvalue weighted by Crippen LogP contribution is -2.04. The van der Waals surface area contributed by atoms with E-state index in [2.05, 4.69) is 0 Å². The molecule has 114 valence electrons. The fourth-order valence-corrected chi connectivity index (χ4v) is 2.27. The quantitative estimate of drug-likeness (QED) is 0.537. The van der Waals surface area contributed by atoms with Gasteiger partial charge in [0.1, 0.15) is 11.8 Å². The number of non-ortho nitro benzene ring substituents is 1. The lowest BCUT2D eigenvalue weighted by molar-refractivity contribution is -0.384. The van der Waals surface area contributed by atoms with Crippen LogP contribution < -0.4 is 5.43 Å². The normalized spacial score (nSPS) is 11.2. The van der Waals surface area contributed by atoms with Crippen LogP contribution in [0.1, 0.15) is 16.7 Å². The molecular formula is C18H13NO4. The zero-order valence-corrected chi connectivity index (χ0v) is 12.4. The van der Waals surface area contributed by atoms with E-state index in [1.54, 1.807) is 36.4 Å². The van der Waals surface area contributed by atoms with E-state index in [1.807, 2.05) is 13.0 Å². The number of fused-ring (bicyclic) bond motifs is 1. The van der Waals surface area contributed by atoms with Crippen LogP contribution >= 0.6 is 0 Å². The zero-order chi connectivity index (χ0) is 16.4. The number of hydrogen-bond acceptors (Lipinski definition) is 4. The number of rotatable bonds is 3. The number of hydrogen-bond donors (Lipinski definition) is 0. The Morgan fingerprint density at radius 2 is 1.83 bits per heavy atom. The summed E-state index contributed by atoms with van der Waals surface area (Å²) in [5.41, 5.74) is 2.66. The van der Waals surface area contributed by atoms with Gasteiger partial charge in [0.05, 0.1) is 15.9 Å². The fraction of sp³-hybridized carbons (Fsp3) is 0.0556. The number of nitro benzene ring substituents is 1. The largest absolute Gasteiger partial charge is 0.463 e. The minimum absolute atomic E-state index is 0.0304. The van der Waals surface area contributed by atoms with Gasteiger partial charge in [-0.3, -0.25) is 14.9 Å². The lowest BCUT2D eigenvalue weighted by atomic mass is 10.1. The first-order valence-corrected chi connectivity index (χ1v) is 6.99. The molecule has 5 heteroatoms.